The lowest BCUT2D eigenvalue weighted by Gasteiger charge is -2.25. The number of primary amides is 1. The predicted molar refractivity (Wildman–Crippen MR) is 174 cm³/mol. The van der Waals surface area contributed by atoms with Crippen LogP contribution in [0, 0.1) is 0 Å². The maximum atomic E-state index is 13.6. The number of benzene rings is 3. The summed E-state index contributed by atoms with van der Waals surface area (Å²) in [7, 11) is 0. The molecule has 1 aromatic heterocycles. The van der Waals surface area contributed by atoms with Crippen molar-refractivity contribution < 1.29 is 34.2 Å². The zero-order chi connectivity index (χ0) is 33.9. The molecule has 0 aliphatic heterocycles. The van der Waals surface area contributed by atoms with Gasteiger partial charge in [0.05, 0.1) is 6.04 Å². The highest BCUT2D eigenvalue weighted by atomic mass is 16.4. The molecule has 0 radical (unpaired) electrons. The van der Waals surface area contributed by atoms with Crippen molar-refractivity contribution in [3.05, 3.63) is 102 Å². The van der Waals surface area contributed by atoms with Gasteiger partial charge in [-0.1, -0.05) is 60.7 Å². The number of carbonyl (C=O) groups excluding carboxylic acids is 4. The molecule has 4 aromatic rings. The Labute approximate surface area is 270 Å². The van der Waals surface area contributed by atoms with E-state index in [1.807, 2.05) is 24.3 Å². The van der Waals surface area contributed by atoms with Crippen molar-refractivity contribution in [2.45, 2.75) is 56.3 Å². The van der Waals surface area contributed by atoms with Crippen LogP contribution in [0.2, 0.25) is 0 Å². The third-order valence-electron chi connectivity index (χ3n) is 7.67. The van der Waals surface area contributed by atoms with E-state index in [-0.39, 0.29) is 37.9 Å². The molecule has 1 heterocycles. The first-order chi connectivity index (χ1) is 22.5. The molecular weight excluding hydrogens is 604 g/mol. The Morgan fingerprint density at radius 3 is 1.98 bits per heavy atom. The van der Waals surface area contributed by atoms with Gasteiger partial charge in [-0.05, 0) is 47.7 Å². The number of aromatic hydroxyl groups is 1. The van der Waals surface area contributed by atoms with Crippen LogP contribution in [0.15, 0.2) is 85.1 Å². The number of hydrogen-bond acceptors (Lipinski definition) is 7. The van der Waals surface area contributed by atoms with Crippen LogP contribution in [0.5, 0.6) is 5.75 Å². The minimum atomic E-state index is -1.32. The number of nitrogens with one attached hydrogen (secondary N) is 4. The molecule has 3 aromatic carbocycles. The molecule has 47 heavy (non-hydrogen) atoms. The molecule has 0 bridgehead atoms. The number of rotatable bonds is 16. The lowest BCUT2D eigenvalue weighted by molar-refractivity contribution is -0.142. The van der Waals surface area contributed by atoms with Crippen molar-refractivity contribution in [2.24, 2.45) is 11.5 Å². The van der Waals surface area contributed by atoms with E-state index in [4.69, 9.17) is 11.5 Å². The van der Waals surface area contributed by atoms with Gasteiger partial charge in [0.15, 0.2) is 0 Å². The Bertz CT molecular complexity index is 1710. The van der Waals surface area contributed by atoms with Gasteiger partial charge in [-0.2, -0.15) is 0 Å². The average Bonchev–Trinajstić information content (AvgIpc) is 3.46. The van der Waals surface area contributed by atoms with Crippen molar-refractivity contribution in [3.8, 4) is 5.75 Å². The third-order valence-corrected chi connectivity index (χ3v) is 7.67. The number of aromatic amines is 1. The van der Waals surface area contributed by atoms with E-state index in [1.54, 1.807) is 48.7 Å². The van der Waals surface area contributed by atoms with Crippen LogP contribution in [0.25, 0.3) is 10.9 Å². The summed E-state index contributed by atoms with van der Waals surface area (Å²) in [6.45, 7) is 0. The number of hydrogen-bond donors (Lipinski definition) is 8. The van der Waals surface area contributed by atoms with Gasteiger partial charge >= 0.3 is 5.97 Å². The minimum Gasteiger partial charge on any atom is -0.508 e. The molecule has 0 fully saturated rings. The number of carboxylic acids is 1. The quantitative estimate of drug-likeness (QED) is 0.0878. The van der Waals surface area contributed by atoms with Crippen LogP contribution in [-0.4, -0.2) is 69.0 Å². The second-order valence-electron chi connectivity index (χ2n) is 11.3. The van der Waals surface area contributed by atoms with E-state index < -0.39 is 53.8 Å². The van der Waals surface area contributed by atoms with Gasteiger partial charge in [0.25, 0.3) is 0 Å². The maximum Gasteiger partial charge on any atom is 0.326 e. The molecule has 0 aliphatic carbocycles. The molecule has 4 rings (SSSR count). The van der Waals surface area contributed by atoms with Crippen LogP contribution in [-0.2, 0) is 43.2 Å². The number of nitrogens with two attached hydrogens (primary N) is 2. The highest BCUT2D eigenvalue weighted by Crippen LogP contribution is 2.19. The van der Waals surface area contributed by atoms with Crippen LogP contribution in [0.4, 0.5) is 0 Å². The number of fused-ring (bicyclic) bond motifs is 1. The molecule has 246 valence electrons. The lowest BCUT2D eigenvalue weighted by atomic mass is 10.0. The molecule has 10 N–H and O–H groups in total. The molecular formula is C34H38N6O7. The number of phenols is 1. The summed E-state index contributed by atoms with van der Waals surface area (Å²) >= 11 is 0. The lowest BCUT2D eigenvalue weighted by Crippen LogP contribution is -2.58. The summed E-state index contributed by atoms with van der Waals surface area (Å²) in [5.41, 5.74) is 14.3. The first kappa shape index (κ1) is 34.2. The number of carboxylic acid groups (broad SMARTS) is 1. The van der Waals surface area contributed by atoms with Gasteiger partial charge < -0.3 is 42.6 Å². The monoisotopic (exact) mass is 642 g/mol. The fourth-order valence-electron chi connectivity index (χ4n) is 5.14. The largest absolute Gasteiger partial charge is 0.508 e. The van der Waals surface area contributed by atoms with Gasteiger partial charge in [-0.15, -0.1) is 0 Å². The number of aromatic nitrogens is 1. The number of aliphatic carboxylic acids is 1. The minimum absolute atomic E-state index is 0.00862. The smallest absolute Gasteiger partial charge is 0.326 e. The highest BCUT2D eigenvalue weighted by molar-refractivity contribution is 5.95. The maximum absolute atomic E-state index is 13.6. The second-order valence-corrected chi connectivity index (χ2v) is 11.3. The number of carbonyl (C=O) groups is 5. The summed E-state index contributed by atoms with van der Waals surface area (Å²) in [6.07, 6.45) is 1.36. The van der Waals surface area contributed by atoms with Crippen LogP contribution >= 0.6 is 0 Å². The standard InChI is InChI=1S/C34H38N6O7/c35-25(16-21-10-12-23(41)13-11-21)31(43)38-27(14-15-30(36)42)32(44)39-28(17-20-6-2-1-3-7-20)33(45)40-29(34(46)47)18-22-19-37-26-9-5-4-8-24(22)26/h1-13,19,25,27-29,37,41H,14-18,35H2,(H2,36,42)(H,38,43)(H,39,44)(H,40,45)(H,46,47). The number of para-hydroxylation sites is 1. The summed E-state index contributed by atoms with van der Waals surface area (Å²) in [5.74, 6) is -4.13. The third kappa shape index (κ3) is 9.90. The number of amides is 4. The Kier molecular flexibility index (Phi) is 11.7. The molecule has 13 heteroatoms. The van der Waals surface area contributed by atoms with Gasteiger partial charge in [0.1, 0.15) is 23.9 Å². The van der Waals surface area contributed by atoms with Gasteiger partial charge in [0.2, 0.25) is 23.6 Å². The van der Waals surface area contributed by atoms with Gasteiger partial charge in [-0.25, -0.2) is 4.79 Å². The van der Waals surface area contributed by atoms with E-state index in [2.05, 4.69) is 20.9 Å². The van der Waals surface area contributed by atoms with Crippen LogP contribution in [0.1, 0.15) is 29.5 Å². The normalized spacial score (nSPS) is 13.6. The first-order valence-corrected chi connectivity index (χ1v) is 15.0. The fourth-order valence-corrected chi connectivity index (χ4v) is 5.14. The average molecular weight is 643 g/mol. The van der Waals surface area contributed by atoms with Gasteiger partial charge in [-0.3, -0.25) is 19.2 Å². The highest BCUT2D eigenvalue weighted by Gasteiger charge is 2.31. The summed E-state index contributed by atoms with van der Waals surface area (Å²) in [6, 6.07) is 17.4. The van der Waals surface area contributed by atoms with Crippen molar-refractivity contribution >= 4 is 40.5 Å². The Balaban J connectivity index is 1.51. The van der Waals surface area contributed by atoms with Crippen LogP contribution in [0.3, 0.4) is 0 Å². The predicted octanol–water partition coefficient (Wildman–Crippen LogP) is 1.03. The van der Waals surface area contributed by atoms with Crippen LogP contribution < -0.4 is 27.4 Å². The van der Waals surface area contributed by atoms with E-state index in [1.165, 1.54) is 12.1 Å². The number of H-pyrrole nitrogens is 1. The molecule has 4 unspecified atom stereocenters. The fraction of sp³-hybridized carbons (Fsp3) is 0.265. The zero-order valence-corrected chi connectivity index (χ0v) is 25.5. The van der Waals surface area contributed by atoms with E-state index in [0.717, 1.165) is 10.9 Å². The zero-order valence-electron chi connectivity index (χ0n) is 25.5. The Hall–Kier alpha value is -5.69. The topological polar surface area (TPSA) is 230 Å². The molecule has 0 aliphatic rings. The molecule has 4 atom stereocenters. The Morgan fingerprint density at radius 1 is 0.702 bits per heavy atom. The number of phenolic OH excluding ortho intramolecular Hbond substituents is 1. The van der Waals surface area contributed by atoms with E-state index in [0.29, 0.717) is 16.7 Å². The van der Waals surface area contributed by atoms with E-state index in [9.17, 15) is 34.2 Å². The molecule has 0 saturated heterocycles. The summed E-state index contributed by atoms with van der Waals surface area (Å²) < 4.78 is 0. The van der Waals surface area contributed by atoms with Crippen molar-refractivity contribution in [1.29, 1.82) is 0 Å². The molecule has 13 nitrogen and oxygen atoms in total. The van der Waals surface area contributed by atoms with Crippen molar-refractivity contribution in [1.82, 2.24) is 20.9 Å². The molecule has 0 spiro atoms. The summed E-state index contributed by atoms with van der Waals surface area (Å²) in [5, 5.41) is 28.1. The SMILES string of the molecule is NC(=O)CCC(NC(=O)C(N)Cc1ccc(O)cc1)C(=O)NC(Cc1ccccc1)C(=O)NC(Cc1c[nH]c2ccccc12)C(=O)O. The Morgan fingerprint density at radius 2 is 1.30 bits per heavy atom. The second kappa shape index (κ2) is 16.0. The first-order valence-electron chi connectivity index (χ1n) is 15.0. The molecule has 4 amide bonds. The molecule has 0 saturated carbocycles. The van der Waals surface area contributed by atoms with Crippen molar-refractivity contribution in [3.63, 3.8) is 0 Å². The van der Waals surface area contributed by atoms with Gasteiger partial charge in [0, 0.05) is 36.4 Å². The summed E-state index contributed by atoms with van der Waals surface area (Å²) in [4.78, 5) is 67.2. The van der Waals surface area contributed by atoms with E-state index >= 15 is 0 Å². The van der Waals surface area contributed by atoms with Crippen molar-refractivity contribution in [2.75, 3.05) is 0 Å².